The summed E-state index contributed by atoms with van der Waals surface area (Å²) in [6, 6.07) is 16.0. The molecule has 2 aromatic carbocycles. The van der Waals surface area contributed by atoms with Crippen LogP contribution in [0.3, 0.4) is 0 Å². The van der Waals surface area contributed by atoms with E-state index in [1.54, 1.807) is 0 Å². The van der Waals surface area contributed by atoms with Crippen molar-refractivity contribution in [1.82, 2.24) is 9.78 Å². The summed E-state index contributed by atoms with van der Waals surface area (Å²) in [6.07, 6.45) is 3.82. The molecule has 0 fully saturated rings. The van der Waals surface area contributed by atoms with Gasteiger partial charge in [0.1, 0.15) is 12.4 Å². The number of halogens is 1. The van der Waals surface area contributed by atoms with Crippen LogP contribution in [0.4, 0.5) is 0 Å². The van der Waals surface area contributed by atoms with Crippen LogP contribution in [0.25, 0.3) is 5.69 Å². The fourth-order valence-corrected chi connectivity index (χ4v) is 2.28. The van der Waals surface area contributed by atoms with Gasteiger partial charge in [-0.25, -0.2) is 4.68 Å². The second-order valence-electron chi connectivity index (χ2n) is 4.83. The molecule has 21 heavy (non-hydrogen) atoms. The maximum atomic E-state index is 5.80. The average molecular weight is 343 g/mol. The lowest BCUT2D eigenvalue weighted by Crippen LogP contribution is -1.95. The van der Waals surface area contributed by atoms with E-state index in [0.717, 1.165) is 27.0 Å². The predicted molar refractivity (Wildman–Crippen MR) is 86.8 cm³/mol. The van der Waals surface area contributed by atoms with Crippen molar-refractivity contribution >= 4 is 15.9 Å². The third-order valence-corrected chi connectivity index (χ3v) is 4.08. The molecule has 0 aliphatic carbocycles. The van der Waals surface area contributed by atoms with E-state index in [4.69, 9.17) is 4.74 Å². The summed E-state index contributed by atoms with van der Waals surface area (Å²) in [5.41, 5.74) is 3.25. The summed E-state index contributed by atoms with van der Waals surface area (Å²) in [4.78, 5) is 0. The minimum atomic E-state index is 0.508. The number of nitrogens with zero attached hydrogens (tertiary/aromatic N) is 2. The van der Waals surface area contributed by atoms with Crippen molar-refractivity contribution < 1.29 is 4.74 Å². The molecule has 3 nitrogen and oxygen atoms in total. The van der Waals surface area contributed by atoms with Crippen molar-refractivity contribution in [2.24, 2.45) is 0 Å². The van der Waals surface area contributed by atoms with Gasteiger partial charge in [0.25, 0.3) is 0 Å². The first-order valence-electron chi connectivity index (χ1n) is 6.70. The summed E-state index contributed by atoms with van der Waals surface area (Å²) in [6.45, 7) is 2.55. The van der Waals surface area contributed by atoms with E-state index < -0.39 is 0 Å². The van der Waals surface area contributed by atoms with Crippen LogP contribution in [-0.2, 0) is 6.61 Å². The van der Waals surface area contributed by atoms with Crippen LogP contribution in [-0.4, -0.2) is 9.78 Å². The van der Waals surface area contributed by atoms with Gasteiger partial charge in [-0.3, -0.25) is 0 Å². The summed E-state index contributed by atoms with van der Waals surface area (Å²) in [5.74, 6) is 0.864. The minimum absolute atomic E-state index is 0.508. The van der Waals surface area contributed by atoms with Gasteiger partial charge < -0.3 is 4.74 Å². The van der Waals surface area contributed by atoms with E-state index >= 15 is 0 Å². The number of rotatable bonds is 4. The number of aromatic nitrogens is 2. The van der Waals surface area contributed by atoms with Gasteiger partial charge in [-0.15, -0.1) is 0 Å². The molecule has 0 bridgehead atoms. The molecule has 1 aromatic heterocycles. The van der Waals surface area contributed by atoms with Crippen LogP contribution in [0.15, 0.2) is 65.4 Å². The van der Waals surface area contributed by atoms with Crippen molar-refractivity contribution in [3.8, 4) is 11.4 Å². The third kappa shape index (κ3) is 3.34. The zero-order chi connectivity index (χ0) is 14.7. The molecule has 1 heterocycles. The van der Waals surface area contributed by atoms with E-state index in [9.17, 15) is 0 Å². The Balaban J connectivity index is 1.69. The highest BCUT2D eigenvalue weighted by molar-refractivity contribution is 9.10. The highest BCUT2D eigenvalue weighted by Gasteiger charge is 2.03. The maximum Gasteiger partial charge on any atom is 0.120 e. The monoisotopic (exact) mass is 342 g/mol. The Hall–Kier alpha value is -2.07. The molecule has 3 rings (SSSR count). The van der Waals surface area contributed by atoms with E-state index in [1.165, 1.54) is 0 Å². The molecule has 0 saturated heterocycles. The molecule has 0 amide bonds. The number of hydrogen-bond donors (Lipinski definition) is 0. The highest BCUT2D eigenvalue weighted by atomic mass is 79.9. The quantitative estimate of drug-likeness (QED) is 0.696. The molecule has 0 aliphatic heterocycles. The van der Waals surface area contributed by atoms with E-state index in [-0.39, 0.29) is 0 Å². The van der Waals surface area contributed by atoms with Gasteiger partial charge in [-0.2, -0.15) is 5.10 Å². The van der Waals surface area contributed by atoms with E-state index in [1.807, 2.05) is 72.5 Å². The normalized spacial score (nSPS) is 10.6. The summed E-state index contributed by atoms with van der Waals surface area (Å²) in [7, 11) is 0. The Bertz CT molecular complexity index is 738. The zero-order valence-corrected chi connectivity index (χ0v) is 13.2. The van der Waals surface area contributed by atoms with E-state index in [2.05, 4.69) is 21.0 Å². The van der Waals surface area contributed by atoms with Gasteiger partial charge in [-0.1, -0.05) is 34.1 Å². The van der Waals surface area contributed by atoms with Crippen molar-refractivity contribution in [3.05, 3.63) is 76.5 Å². The minimum Gasteiger partial charge on any atom is -0.489 e. The fourth-order valence-electron chi connectivity index (χ4n) is 2.03. The molecule has 0 radical (unpaired) electrons. The predicted octanol–water partition coefficient (Wildman–Crippen LogP) is 4.52. The lowest BCUT2D eigenvalue weighted by Gasteiger charge is -2.06. The molecule has 4 heteroatoms. The molecule has 0 N–H and O–H groups in total. The number of ether oxygens (including phenoxy) is 1. The summed E-state index contributed by atoms with van der Waals surface area (Å²) < 4.78 is 8.75. The first-order chi connectivity index (χ1) is 10.2. The van der Waals surface area contributed by atoms with Crippen LogP contribution in [0.2, 0.25) is 0 Å². The summed E-state index contributed by atoms with van der Waals surface area (Å²) in [5, 5.41) is 4.36. The average Bonchev–Trinajstić information content (AvgIpc) is 2.98. The van der Waals surface area contributed by atoms with Gasteiger partial charge in [0.05, 0.1) is 11.9 Å². The van der Waals surface area contributed by atoms with E-state index in [0.29, 0.717) is 6.61 Å². The lowest BCUT2D eigenvalue weighted by molar-refractivity contribution is 0.306. The molecule has 0 spiro atoms. The second-order valence-corrected chi connectivity index (χ2v) is 5.68. The Morgan fingerprint density at radius 2 is 1.95 bits per heavy atom. The van der Waals surface area contributed by atoms with Crippen LogP contribution in [0.5, 0.6) is 5.75 Å². The Labute approximate surface area is 132 Å². The number of para-hydroxylation sites is 1. The number of hydrogen-bond acceptors (Lipinski definition) is 2. The maximum absolute atomic E-state index is 5.80. The first kappa shape index (κ1) is 13.9. The Kier molecular flexibility index (Phi) is 4.06. The molecule has 0 aliphatic rings. The van der Waals surface area contributed by atoms with Crippen molar-refractivity contribution in [3.63, 3.8) is 0 Å². The highest BCUT2D eigenvalue weighted by Crippen LogP contribution is 2.22. The van der Waals surface area contributed by atoms with Gasteiger partial charge in [-0.05, 0) is 42.8 Å². The van der Waals surface area contributed by atoms with Gasteiger partial charge >= 0.3 is 0 Å². The van der Waals surface area contributed by atoms with Crippen LogP contribution < -0.4 is 4.74 Å². The van der Waals surface area contributed by atoms with Crippen molar-refractivity contribution in [2.45, 2.75) is 13.5 Å². The zero-order valence-electron chi connectivity index (χ0n) is 11.7. The largest absolute Gasteiger partial charge is 0.489 e. The smallest absolute Gasteiger partial charge is 0.120 e. The molecular weight excluding hydrogens is 328 g/mol. The second kappa shape index (κ2) is 6.14. The Morgan fingerprint density at radius 1 is 1.14 bits per heavy atom. The van der Waals surface area contributed by atoms with Gasteiger partial charge in [0.2, 0.25) is 0 Å². The van der Waals surface area contributed by atoms with Crippen LogP contribution in [0.1, 0.15) is 11.1 Å². The SMILES string of the molecule is Cc1cc(OCc2cnn(-c3ccccc3)c2)ccc1Br. The molecule has 0 saturated carbocycles. The van der Waals surface area contributed by atoms with Crippen molar-refractivity contribution in [1.29, 1.82) is 0 Å². The third-order valence-electron chi connectivity index (χ3n) is 3.19. The first-order valence-corrected chi connectivity index (χ1v) is 7.49. The molecule has 0 atom stereocenters. The molecule has 3 aromatic rings. The van der Waals surface area contributed by atoms with Crippen molar-refractivity contribution in [2.75, 3.05) is 0 Å². The lowest BCUT2D eigenvalue weighted by atomic mass is 10.2. The summed E-state index contributed by atoms with van der Waals surface area (Å²) >= 11 is 3.49. The fraction of sp³-hybridized carbons (Fsp3) is 0.118. The number of aryl methyl sites for hydroxylation is 1. The molecular formula is C17H15BrN2O. The number of benzene rings is 2. The van der Waals surface area contributed by atoms with Gasteiger partial charge in [0.15, 0.2) is 0 Å². The molecule has 0 unspecified atom stereocenters. The van der Waals surface area contributed by atoms with Crippen LogP contribution >= 0.6 is 15.9 Å². The van der Waals surface area contributed by atoms with Gasteiger partial charge in [0, 0.05) is 16.2 Å². The standard InChI is InChI=1S/C17H15BrN2O/c1-13-9-16(7-8-17(13)18)21-12-14-10-19-20(11-14)15-5-3-2-4-6-15/h2-11H,12H2,1H3. The Morgan fingerprint density at radius 3 is 2.71 bits per heavy atom. The topological polar surface area (TPSA) is 27.1 Å². The molecule has 106 valence electrons. The van der Waals surface area contributed by atoms with Crippen LogP contribution in [0, 0.1) is 6.92 Å².